The molecule has 0 saturated carbocycles. The van der Waals surface area contributed by atoms with Crippen LogP contribution in [0.4, 0.5) is 5.69 Å². The number of imidazole rings is 1. The number of aromatic nitrogens is 3. The number of anilines is 1. The number of pyridine rings is 1. The molecule has 2 aromatic heterocycles. The fourth-order valence-corrected chi connectivity index (χ4v) is 1.78. The lowest BCUT2D eigenvalue weighted by molar-refractivity contribution is 1.06. The zero-order chi connectivity index (χ0) is 11.0. The minimum absolute atomic E-state index is 0.738. The van der Waals surface area contributed by atoms with Gasteiger partial charge in [-0.05, 0) is 24.3 Å². The summed E-state index contributed by atoms with van der Waals surface area (Å²) >= 11 is 0. The third kappa shape index (κ3) is 1.32. The normalized spacial score (nSPS) is 10.8. The van der Waals surface area contributed by atoms with Crippen LogP contribution in [0.15, 0.2) is 49.2 Å². The Morgan fingerprint density at radius 3 is 2.88 bits per heavy atom. The van der Waals surface area contributed by atoms with Gasteiger partial charge < -0.3 is 10.3 Å². The Balaban J connectivity index is 2.36. The molecule has 78 valence electrons. The van der Waals surface area contributed by atoms with Crippen LogP contribution in [-0.2, 0) is 0 Å². The number of nitrogen functional groups attached to an aromatic ring is 1. The van der Waals surface area contributed by atoms with Crippen molar-refractivity contribution in [1.82, 2.24) is 14.5 Å². The molecule has 0 radical (unpaired) electrons. The first-order chi connectivity index (χ1) is 7.84. The van der Waals surface area contributed by atoms with Crippen molar-refractivity contribution in [1.29, 1.82) is 0 Å². The highest BCUT2D eigenvalue weighted by Gasteiger charge is 2.03. The molecule has 0 fully saturated rings. The third-order valence-electron chi connectivity index (χ3n) is 2.53. The summed E-state index contributed by atoms with van der Waals surface area (Å²) in [5.74, 6) is 0. The molecular formula is C12H10N4. The summed E-state index contributed by atoms with van der Waals surface area (Å²) in [4.78, 5) is 8.34. The van der Waals surface area contributed by atoms with E-state index in [-0.39, 0.29) is 0 Å². The van der Waals surface area contributed by atoms with E-state index in [2.05, 4.69) is 9.97 Å². The third-order valence-corrected chi connectivity index (χ3v) is 2.53. The average Bonchev–Trinajstić information content (AvgIpc) is 2.81. The predicted octanol–water partition coefficient (Wildman–Crippen LogP) is 2.00. The molecule has 0 aliphatic heterocycles. The summed E-state index contributed by atoms with van der Waals surface area (Å²) < 4.78 is 1.95. The van der Waals surface area contributed by atoms with E-state index in [0.29, 0.717) is 0 Å². The van der Waals surface area contributed by atoms with Crippen LogP contribution in [-0.4, -0.2) is 14.5 Å². The standard InChI is InChI=1S/C12H10N4/c13-9-1-2-11-10(7-9)12(3-4-15-11)16-6-5-14-8-16/h1-8H,13H2. The van der Waals surface area contributed by atoms with Crippen molar-refractivity contribution in [2.45, 2.75) is 0 Å². The number of fused-ring (bicyclic) bond motifs is 1. The average molecular weight is 210 g/mol. The van der Waals surface area contributed by atoms with Crippen LogP contribution in [0.1, 0.15) is 0 Å². The Bertz CT molecular complexity index is 629. The minimum Gasteiger partial charge on any atom is -0.399 e. The van der Waals surface area contributed by atoms with E-state index < -0.39 is 0 Å². The van der Waals surface area contributed by atoms with Crippen molar-refractivity contribution in [3.63, 3.8) is 0 Å². The Kier molecular flexibility index (Phi) is 1.86. The molecule has 0 amide bonds. The van der Waals surface area contributed by atoms with Crippen LogP contribution in [0, 0.1) is 0 Å². The largest absolute Gasteiger partial charge is 0.399 e. The highest BCUT2D eigenvalue weighted by atomic mass is 15.0. The van der Waals surface area contributed by atoms with E-state index in [4.69, 9.17) is 5.73 Å². The zero-order valence-electron chi connectivity index (χ0n) is 8.54. The number of nitrogens with two attached hydrogens (primary N) is 1. The van der Waals surface area contributed by atoms with Gasteiger partial charge >= 0.3 is 0 Å². The Labute approximate surface area is 92.4 Å². The molecule has 16 heavy (non-hydrogen) atoms. The zero-order valence-corrected chi connectivity index (χ0v) is 8.54. The molecule has 0 bridgehead atoms. The van der Waals surface area contributed by atoms with Gasteiger partial charge in [-0.3, -0.25) is 4.98 Å². The molecule has 0 aliphatic rings. The monoisotopic (exact) mass is 210 g/mol. The summed E-state index contributed by atoms with van der Waals surface area (Å²) in [7, 11) is 0. The molecule has 0 aliphatic carbocycles. The van der Waals surface area contributed by atoms with Crippen molar-refractivity contribution in [2.75, 3.05) is 5.73 Å². The number of rotatable bonds is 1. The maximum atomic E-state index is 5.79. The smallest absolute Gasteiger partial charge is 0.0991 e. The molecule has 2 heterocycles. The van der Waals surface area contributed by atoms with Gasteiger partial charge in [-0.2, -0.15) is 0 Å². The SMILES string of the molecule is Nc1ccc2nccc(-n3ccnc3)c2c1. The first kappa shape index (κ1) is 8.91. The maximum Gasteiger partial charge on any atom is 0.0991 e. The van der Waals surface area contributed by atoms with Crippen molar-refractivity contribution in [2.24, 2.45) is 0 Å². The van der Waals surface area contributed by atoms with E-state index in [0.717, 1.165) is 22.3 Å². The number of hydrogen-bond acceptors (Lipinski definition) is 3. The van der Waals surface area contributed by atoms with E-state index in [9.17, 15) is 0 Å². The number of benzene rings is 1. The lowest BCUT2D eigenvalue weighted by atomic mass is 10.1. The second kappa shape index (κ2) is 3.34. The van der Waals surface area contributed by atoms with Crippen molar-refractivity contribution < 1.29 is 0 Å². The van der Waals surface area contributed by atoms with Gasteiger partial charge in [0.2, 0.25) is 0 Å². The first-order valence-corrected chi connectivity index (χ1v) is 4.97. The van der Waals surface area contributed by atoms with Crippen molar-refractivity contribution >= 4 is 16.6 Å². The molecule has 3 rings (SSSR count). The molecule has 0 unspecified atom stereocenters. The van der Waals surface area contributed by atoms with Gasteiger partial charge in [0.25, 0.3) is 0 Å². The Hall–Kier alpha value is -2.36. The molecule has 4 nitrogen and oxygen atoms in total. The van der Waals surface area contributed by atoms with Crippen molar-refractivity contribution in [3.05, 3.63) is 49.2 Å². The van der Waals surface area contributed by atoms with E-state index in [1.165, 1.54) is 0 Å². The predicted molar refractivity (Wildman–Crippen MR) is 63.3 cm³/mol. The van der Waals surface area contributed by atoms with Crippen molar-refractivity contribution in [3.8, 4) is 5.69 Å². The molecule has 2 N–H and O–H groups in total. The minimum atomic E-state index is 0.738. The van der Waals surface area contributed by atoms with E-state index in [1.54, 1.807) is 18.7 Å². The van der Waals surface area contributed by atoms with Crippen LogP contribution in [0.3, 0.4) is 0 Å². The topological polar surface area (TPSA) is 56.7 Å². The van der Waals surface area contributed by atoms with Crippen LogP contribution < -0.4 is 5.73 Å². The first-order valence-electron chi connectivity index (χ1n) is 4.97. The Morgan fingerprint density at radius 2 is 2.06 bits per heavy atom. The molecule has 0 saturated heterocycles. The number of nitrogens with zero attached hydrogens (tertiary/aromatic N) is 3. The maximum absolute atomic E-state index is 5.79. The highest BCUT2D eigenvalue weighted by Crippen LogP contribution is 2.22. The van der Waals surface area contributed by atoms with Gasteiger partial charge in [0, 0.05) is 29.7 Å². The summed E-state index contributed by atoms with van der Waals surface area (Å²) in [6, 6.07) is 7.65. The lowest BCUT2D eigenvalue weighted by Crippen LogP contribution is -1.94. The summed E-state index contributed by atoms with van der Waals surface area (Å²) in [5, 5.41) is 1.03. The molecule has 4 heteroatoms. The van der Waals surface area contributed by atoms with Gasteiger partial charge in [-0.25, -0.2) is 4.98 Å². The van der Waals surface area contributed by atoms with Crippen LogP contribution in [0.5, 0.6) is 0 Å². The lowest BCUT2D eigenvalue weighted by Gasteiger charge is -2.06. The molecular weight excluding hydrogens is 200 g/mol. The fourth-order valence-electron chi connectivity index (χ4n) is 1.78. The number of hydrogen-bond donors (Lipinski definition) is 1. The van der Waals surface area contributed by atoms with E-state index in [1.807, 2.05) is 35.0 Å². The van der Waals surface area contributed by atoms with Gasteiger partial charge in [0.15, 0.2) is 0 Å². The molecule has 1 aromatic carbocycles. The molecule has 0 spiro atoms. The second-order valence-electron chi connectivity index (χ2n) is 3.58. The summed E-state index contributed by atoms with van der Waals surface area (Å²) in [6.07, 6.45) is 7.20. The van der Waals surface area contributed by atoms with Crippen LogP contribution in [0.25, 0.3) is 16.6 Å². The molecule has 3 aromatic rings. The summed E-state index contributed by atoms with van der Waals surface area (Å²) in [6.45, 7) is 0. The van der Waals surface area contributed by atoms with Gasteiger partial charge in [0.05, 0.1) is 17.5 Å². The summed E-state index contributed by atoms with van der Waals surface area (Å²) in [5.41, 5.74) is 8.50. The fraction of sp³-hybridized carbons (Fsp3) is 0. The highest BCUT2D eigenvalue weighted by molar-refractivity contribution is 5.89. The van der Waals surface area contributed by atoms with Crippen LogP contribution in [0.2, 0.25) is 0 Å². The quantitative estimate of drug-likeness (QED) is 0.625. The van der Waals surface area contributed by atoms with Crippen LogP contribution >= 0.6 is 0 Å². The van der Waals surface area contributed by atoms with Gasteiger partial charge in [-0.1, -0.05) is 0 Å². The van der Waals surface area contributed by atoms with E-state index >= 15 is 0 Å². The van der Waals surface area contributed by atoms with Gasteiger partial charge in [0.1, 0.15) is 0 Å². The second-order valence-corrected chi connectivity index (χ2v) is 3.58. The Morgan fingerprint density at radius 1 is 1.12 bits per heavy atom. The van der Waals surface area contributed by atoms with Gasteiger partial charge in [-0.15, -0.1) is 0 Å². The molecule has 0 atom stereocenters.